The first-order chi connectivity index (χ1) is 22.4. The van der Waals surface area contributed by atoms with Crippen LogP contribution < -0.4 is 24.4 Å². The van der Waals surface area contributed by atoms with Gasteiger partial charge in [-0.15, -0.1) is 10.2 Å². The highest BCUT2D eigenvalue weighted by molar-refractivity contribution is 6.01. The van der Waals surface area contributed by atoms with E-state index in [1.165, 1.54) is 53.4 Å². The number of aromatic nitrogens is 4. The van der Waals surface area contributed by atoms with Crippen LogP contribution in [0.4, 0.5) is 14.5 Å². The van der Waals surface area contributed by atoms with Gasteiger partial charge in [0.15, 0.2) is 11.5 Å². The Morgan fingerprint density at radius 3 is 2.28 bits per heavy atom. The Hall–Kier alpha value is -5.85. The van der Waals surface area contributed by atoms with Crippen LogP contribution in [0.25, 0.3) is 11.4 Å². The zero-order valence-corrected chi connectivity index (χ0v) is 24.6. The number of nitrogens with one attached hydrogen (secondary N) is 1. The average Bonchev–Trinajstić information content (AvgIpc) is 3.55. The molecule has 46 heavy (non-hydrogen) atoms. The first kappa shape index (κ1) is 30.2. The van der Waals surface area contributed by atoms with Crippen LogP contribution in [0, 0.1) is 11.6 Å². The Morgan fingerprint density at radius 1 is 0.913 bits per heavy atom. The first-order valence-corrected chi connectivity index (χ1v) is 14.3. The molecule has 0 aliphatic carbocycles. The second kappa shape index (κ2) is 13.4. The third-order valence-electron chi connectivity index (χ3n) is 7.22. The summed E-state index contributed by atoms with van der Waals surface area (Å²) in [6, 6.07) is 21.7. The van der Waals surface area contributed by atoms with Crippen molar-refractivity contribution in [1.82, 2.24) is 25.5 Å². The lowest BCUT2D eigenvalue weighted by molar-refractivity contribution is -0.127. The van der Waals surface area contributed by atoms with Crippen LogP contribution in [0.2, 0.25) is 0 Å². The highest BCUT2D eigenvalue weighted by atomic mass is 19.1. The van der Waals surface area contributed by atoms with Crippen molar-refractivity contribution in [1.29, 1.82) is 0 Å². The summed E-state index contributed by atoms with van der Waals surface area (Å²) in [5, 5.41) is 15.2. The molecule has 0 unspecified atom stereocenters. The van der Waals surface area contributed by atoms with Crippen molar-refractivity contribution < 1.29 is 32.6 Å². The van der Waals surface area contributed by atoms with E-state index >= 15 is 0 Å². The molecular formula is C33H28F2N6O5. The molecule has 1 atom stereocenters. The molecule has 6 rings (SSSR count). The second-order valence-electron chi connectivity index (χ2n) is 10.3. The number of carbonyl (C=O) groups is 2. The third kappa shape index (κ3) is 6.78. The predicted octanol–water partition coefficient (Wildman–Crippen LogP) is 4.49. The number of methoxy groups -OCH3 is 1. The van der Waals surface area contributed by atoms with Crippen molar-refractivity contribution in [3.63, 3.8) is 0 Å². The number of ether oxygens (including phenoxy) is 3. The van der Waals surface area contributed by atoms with E-state index in [2.05, 4.69) is 20.7 Å². The van der Waals surface area contributed by atoms with Gasteiger partial charge in [0, 0.05) is 23.9 Å². The highest BCUT2D eigenvalue weighted by Gasteiger charge is 2.34. The standard InChI is InChI=1S/C33H28F2N6O5/c1-44-27-13-2-21(3-14-27)19-36-33(43)31(22-4-8-24(34)9-5-22)41(26-12-15-28-29(18-26)46-17-16-45-28)30(42)20-40-38-32(37-39-40)23-6-10-25(35)11-7-23/h2-15,18,31H,16-17,19-20H2,1H3,(H,36,43)/t31-/m1/s1. The summed E-state index contributed by atoms with van der Waals surface area (Å²) in [5.74, 6) is -0.276. The molecule has 0 radical (unpaired) electrons. The number of carbonyl (C=O) groups excluding carboxylic acids is 2. The Kier molecular flexibility index (Phi) is 8.81. The summed E-state index contributed by atoms with van der Waals surface area (Å²) in [4.78, 5) is 30.6. The minimum Gasteiger partial charge on any atom is -0.497 e. The van der Waals surface area contributed by atoms with Crippen LogP contribution in [-0.4, -0.2) is 52.3 Å². The summed E-state index contributed by atoms with van der Waals surface area (Å²) in [7, 11) is 1.56. The first-order valence-electron chi connectivity index (χ1n) is 14.3. The molecule has 0 bridgehead atoms. The van der Waals surface area contributed by atoms with Gasteiger partial charge in [0.05, 0.1) is 7.11 Å². The molecule has 1 aliphatic heterocycles. The van der Waals surface area contributed by atoms with Crippen molar-refractivity contribution >= 4 is 17.5 Å². The Balaban J connectivity index is 1.36. The fourth-order valence-corrected chi connectivity index (χ4v) is 4.93. The quantitative estimate of drug-likeness (QED) is 0.241. The zero-order chi connectivity index (χ0) is 32.0. The number of fused-ring (bicyclic) bond motifs is 1. The minimum atomic E-state index is -1.24. The van der Waals surface area contributed by atoms with Gasteiger partial charge in [-0.3, -0.25) is 14.5 Å². The normalized spacial score (nSPS) is 12.7. The lowest BCUT2D eigenvalue weighted by Gasteiger charge is -2.32. The lowest BCUT2D eigenvalue weighted by Crippen LogP contribution is -2.45. The maximum Gasteiger partial charge on any atom is 0.251 e. The molecule has 4 aromatic carbocycles. The van der Waals surface area contributed by atoms with Crippen molar-refractivity contribution in [2.75, 3.05) is 25.2 Å². The molecular weight excluding hydrogens is 598 g/mol. The van der Waals surface area contributed by atoms with Crippen molar-refractivity contribution in [2.45, 2.75) is 19.1 Å². The summed E-state index contributed by atoms with van der Waals surface area (Å²) in [5.41, 5.74) is 1.98. The molecule has 0 spiro atoms. The molecule has 234 valence electrons. The molecule has 13 heteroatoms. The van der Waals surface area contributed by atoms with Gasteiger partial charge in [-0.2, -0.15) is 4.80 Å². The summed E-state index contributed by atoms with van der Waals surface area (Å²) in [6.45, 7) is 0.417. The van der Waals surface area contributed by atoms with Gasteiger partial charge in [-0.05, 0) is 77.0 Å². The van der Waals surface area contributed by atoms with E-state index in [4.69, 9.17) is 14.2 Å². The Bertz CT molecular complexity index is 1830. The number of hydrogen-bond acceptors (Lipinski definition) is 8. The van der Waals surface area contributed by atoms with Crippen molar-refractivity contribution in [2.24, 2.45) is 0 Å². The Labute approximate surface area is 262 Å². The van der Waals surface area contributed by atoms with E-state index in [0.29, 0.717) is 47.3 Å². The van der Waals surface area contributed by atoms with Gasteiger partial charge in [0.2, 0.25) is 11.7 Å². The molecule has 11 nitrogen and oxygen atoms in total. The number of amides is 2. The SMILES string of the molecule is COc1ccc(CNC(=O)[C@@H](c2ccc(F)cc2)N(C(=O)Cn2nnc(-c3ccc(F)cc3)n2)c2ccc3c(c2)OCCO3)cc1. The molecule has 0 saturated heterocycles. The smallest absolute Gasteiger partial charge is 0.251 e. The van der Waals surface area contributed by atoms with E-state index in [0.717, 1.165) is 10.4 Å². The fourth-order valence-electron chi connectivity index (χ4n) is 4.93. The second-order valence-corrected chi connectivity index (χ2v) is 10.3. The molecule has 0 saturated carbocycles. The van der Waals surface area contributed by atoms with Crippen LogP contribution in [-0.2, 0) is 22.7 Å². The lowest BCUT2D eigenvalue weighted by atomic mass is 10.0. The largest absolute Gasteiger partial charge is 0.497 e. The molecule has 2 amide bonds. The number of nitrogens with zero attached hydrogens (tertiary/aromatic N) is 5. The van der Waals surface area contributed by atoms with Crippen LogP contribution >= 0.6 is 0 Å². The minimum absolute atomic E-state index is 0.148. The van der Waals surface area contributed by atoms with Crippen LogP contribution in [0.3, 0.4) is 0 Å². The topological polar surface area (TPSA) is 121 Å². The van der Waals surface area contributed by atoms with Crippen molar-refractivity contribution in [3.05, 3.63) is 114 Å². The summed E-state index contributed by atoms with van der Waals surface area (Å²) in [6.07, 6.45) is 0. The maximum absolute atomic E-state index is 14.2. The van der Waals surface area contributed by atoms with E-state index in [-0.39, 0.29) is 12.4 Å². The van der Waals surface area contributed by atoms with Gasteiger partial charge < -0.3 is 19.5 Å². The zero-order valence-electron chi connectivity index (χ0n) is 24.6. The van der Waals surface area contributed by atoms with E-state index in [9.17, 15) is 18.4 Å². The van der Waals surface area contributed by atoms with Crippen molar-refractivity contribution in [3.8, 4) is 28.6 Å². The van der Waals surface area contributed by atoms with Gasteiger partial charge in [-0.25, -0.2) is 8.78 Å². The number of anilines is 1. The number of rotatable bonds is 10. The van der Waals surface area contributed by atoms with Gasteiger partial charge in [-0.1, -0.05) is 24.3 Å². The number of benzene rings is 4. The predicted molar refractivity (Wildman–Crippen MR) is 162 cm³/mol. The molecule has 1 N–H and O–H groups in total. The molecule has 1 aromatic heterocycles. The summed E-state index contributed by atoms with van der Waals surface area (Å²) < 4.78 is 44.1. The van der Waals surface area contributed by atoms with Crippen LogP contribution in [0.15, 0.2) is 91.0 Å². The van der Waals surface area contributed by atoms with E-state index in [1.807, 2.05) is 12.1 Å². The Morgan fingerprint density at radius 2 is 1.59 bits per heavy atom. The monoisotopic (exact) mass is 626 g/mol. The fraction of sp³-hybridized carbons (Fsp3) is 0.182. The molecule has 5 aromatic rings. The molecule has 1 aliphatic rings. The average molecular weight is 627 g/mol. The number of hydrogen-bond donors (Lipinski definition) is 1. The van der Waals surface area contributed by atoms with Gasteiger partial charge in [0.1, 0.15) is 43.2 Å². The molecule has 0 fully saturated rings. The van der Waals surface area contributed by atoms with E-state index in [1.54, 1.807) is 37.4 Å². The summed E-state index contributed by atoms with van der Waals surface area (Å²) >= 11 is 0. The highest BCUT2D eigenvalue weighted by Crippen LogP contribution is 2.37. The third-order valence-corrected chi connectivity index (χ3v) is 7.22. The van der Waals surface area contributed by atoms with Gasteiger partial charge in [0.25, 0.3) is 5.91 Å². The van der Waals surface area contributed by atoms with Crippen LogP contribution in [0.1, 0.15) is 17.2 Å². The maximum atomic E-state index is 14.2. The number of tetrazole rings is 1. The number of halogens is 2. The van der Waals surface area contributed by atoms with E-state index < -0.39 is 36.0 Å². The van der Waals surface area contributed by atoms with Crippen LogP contribution in [0.5, 0.6) is 17.2 Å². The molecule has 2 heterocycles. The van der Waals surface area contributed by atoms with Gasteiger partial charge >= 0.3 is 0 Å².